The number of hydrogen-bond acceptors (Lipinski definition) is 2. The van der Waals surface area contributed by atoms with Crippen LogP contribution in [0.1, 0.15) is 12.6 Å². The quantitative estimate of drug-likeness (QED) is 0.727. The number of hydrogen-bond donors (Lipinski definition) is 1. The molecule has 0 bridgehead atoms. The number of aromatic nitrogens is 1. The van der Waals surface area contributed by atoms with Crippen molar-refractivity contribution in [3.05, 3.63) is 24.0 Å². The van der Waals surface area contributed by atoms with Crippen LogP contribution in [0.5, 0.6) is 0 Å². The first-order chi connectivity index (χ1) is 6.68. The molecule has 1 aliphatic heterocycles. The van der Waals surface area contributed by atoms with Gasteiger partial charge in [-0.2, -0.15) is 0 Å². The zero-order chi connectivity index (χ0) is 10.1. The normalized spacial score (nSPS) is 21.1. The summed E-state index contributed by atoms with van der Waals surface area (Å²) in [5, 5.41) is 2.79. The molecule has 4 heteroatoms. The second-order valence-electron chi connectivity index (χ2n) is 3.56. The third-order valence-corrected chi connectivity index (χ3v) is 2.38. The number of carbonyl (C=O) groups excluding carboxylic acids is 1. The number of nitrogens with zero attached hydrogens (tertiary/aromatic N) is 2. The summed E-state index contributed by atoms with van der Waals surface area (Å²) >= 11 is 0. The summed E-state index contributed by atoms with van der Waals surface area (Å²) in [4.78, 5) is 17.4. The molecular formula is C10H13N3O. The summed E-state index contributed by atoms with van der Waals surface area (Å²) in [6.07, 6.45) is 1.73. The number of urea groups is 1. The van der Waals surface area contributed by atoms with Crippen molar-refractivity contribution in [1.29, 1.82) is 0 Å². The van der Waals surface area contributed by atoms with Crippen LogP contribution in [0.2, 0.25) is 0 Å². The molecule has 1 saturated heterocycles. The van der Waals surface area contributed by atoms with Crippen LogP contribution in [0, 0.1) is 6.92 Å². The lowest BCUT2D eigenvalue weighted by molar-refractivity contribution is 0.252. The van der Waals surface area contributed by atoms with E-state index in [0.717, 1.165) is 11.4 Å². The molecule has 1 aliphatic rings. The van der Waals surface area contributed by atoms with Crippen LogP contribution in [-0.4, -0.2) is 23.6 Å². The molecule has 2 amide bonds. The molecule has 2 heterocycles. The monoisotopic (exact) mass is 191 g/mol. The Morgan fingerprint density at radius 1 is 1.57 bits per heavy atom. The fourth-order valence-electron chi connectivity index (χ4n) is 1.59. The molecule has 14 heavy (non-hydrogen) atoms. The molecule has 2 rings (SSSR count). The van der Waals surface area contributed by atoms with Gasteiger partial charge in [-0.05, 0) is 26.0 Å². The molecule has 1 N–H and O–H groups in total. The summed E-state index contributed by atoms with van der Waals surface area (Å²) in [5.41, 5.74) is 1.82. The molecule has 1 fully saturated rings. The molecule has 0 aromatic carbocycles. The van der Waals surface area contributed by atoms with Crippen molar-refractivity contribution in [2.24, 2.45) is 0 Å². The molecule has 1 aromatic rings. The SMILES string of the molecule is Cc1ccc(N2C(=O)NCC2C)cn1. The number of anilines is 1. The van der Waals surface area contributed by atoms with Gasteiger partial charge in [-0.1, -0.05) is 0 Å². The molecule has 1 aromatic heterocycles. The van der Waals surface area contributed by atoms with Crippen LogP contribution < -0.4 is 10.2 Å². The predicted molar refractivity (Wildman–Crippen MR) is 54.3 cm³/mol. The second kappa shape index (κ2) is 3.29. The highest BCUT2D eigenvalue weighted by molar-refractivity contribution is 5.94. The number of pyridine rings is 1. The minimum atomic E-state index is -0.0387. The number of rotatable bonds is 1. The molecule has 0 aliphatic carbocycles. The van der Waals surface area contributed by atoms with Crippen LogP contribution in [0.25, 0.3) is 0 Å². The van der Waals surface area contributed by atoms with Crippen molar-refractivity contribution in [2.45, 2.75) is 19.9 Å². The van der Waals surface area contributed by atoms with Gasteiger partial charge in [0.05, 0.1) is 17.9 Å². The van der Waals surface area contributed by atoms with Crippen LogP contribution >= 0.6 is 0 Å². The van der Waals surface area contributed by atoms with E-state index in [0.29, 0.717) is 6.54 Å². The van der Waals surface area contributed by atoms with Gasteiger partial charge in [-0.25, -0.2) is 4.79 Å². The lowest BCUT2D eigenvalue weighted by Gasteiger charge is -2.19. The Bertz CT molecular complexity index is 347. The predicted octanol–water partition coefficient (Wildman–Crippen LogP) is 1.31. The number of carbonyl (C=O) groups is 1. The smallest absolute Gasteiger partial charge is 0.322 e. The van der Waals surface area contributed by atoms with E-state index < -0.39 is 0 Å². The first kappa shape index (κ1) is 8.99. The van der Waals surface area contributed by atoms with E-state index in [1.54, 1.807) is 11.1 Å². The number of amides is 2. The highest BCUT2D eigenvalue weighted by Crippen LogP contribution is 2.18. The average molecular weight is 191 g/mol. The fraction of sp³-hybridized carbons (Fsp3) is 0.400. The maximum Gasteiger partial charge on any atom is 0.322 e. The molecule has 0 radical (unpaired) electrons. The van der Waals surface area contributed by atoms with E-state index in [1.807, 2.05) is 26.0 Å². The van der Waals surface area contributed by atoms with Gasteiger partial charge in [0.15, 0.2) is 0 Å². The summed E-state index contributed by atoms with van der Waals surface area (Å²) in [6.45, 7) is 4.64. The third kappa shape index (κ3) is 1.43. The van der Waals surface area contributed by atoms with Crippen molar-refractivity contribution in [1.82, 2.24) is 10.3 Å². The molecular weight excluding hydrogens is 178 g/mol. The second-order valence-corrected chi connectivity index (χ2v) is 3.56. The van der Waals surface area contributed by atoms with Crippen molar-refractivity contribution in [2.75, 3.05) is 11.4 Å². The Morgan fingerprint density at radius 3 is 2.86 bits per heavy atom. The maximum absolute atomic E-state index is 11.5. The van der Waals surface area contributed by atoms with Crippen LogP contribution in [0.15, 0.2) is 18.3 Å². The minimum Gasteiger partial charge on any atom is -0.336 e. The van der Waals surface area contributed by atoms with E-state index in [-0.39, 0.29) is 12.1 Å². The third-order valence-electron chi connectivity index (χ3n) is 2.38. The van der Waals surface area contributed by atoms with Crippen molar-refractivity contribution >= 4 is 11.7 Å². The molecule has 4 nitrogen and oxygen atoms in total. The van der Waals surface area contributed by atoms with Crippen molar-refractivity contribution in [3.8, 4) is 0 Å². The highest BCUT2D eigenvalue weighted by atomic mass is 16.2. The lowest BCUT2D eigenvalue weighted by atomic mass is 10.3. The topological polar surface area (TPSA) is 45.2 Å². The molecule has 0 spiro atoms. The van der Waals surface area contributed by atoms with E-state index in [4.69, 9.17) is 0 Å². The van der Waals surface area contributed by atoms with E-state index in [9.17, 15) is 4.79 Å². The van der Waals surface area contributed by atoms with Gasteiger partial charge in [0, 0.05) is 12.2 Å². The maximum atomic E-state index is 11.5. The summed E-state index contributed by atoms with van der Waals surface area (Å²) in [7, 11) is 0. The average Bonchev–Trinajstić information content (AvgIpc) is 2.49. The highest BCUT2D eigenvalue weighted by Gasteiger charge is 2.28. The Morgan fingerprint density at radius 2 is 2.36 bits per heavy atom. The van der Waals surface area contributed by atoms with Gasteiger partial charge in [0.2, 0.25) is 0 Å². The van der Waals surface area contributed by atoms with Gasteiger partial charge >= 0.3 is 6.03 Å². The Balaban J connectivity index is 2.30. The van der Waals surface area contributed by atoms with Gasteiger partial charge in [0.1, 0.15) is 0 Å². The Hall–Kier alpha value is -1.58. The summed E-state index contributed by atoms with van der Waals surface area (Å²) in [6, 6.07) is 3.99. The van der Waals surface area contributed by atoms with Crippen LogP contribution in [0.4, 0.5) is 10.5 Å². The lowest BCUT2D eigenvalue weighted by Crippen LogP contribution is -2.32. The standard InChI is InChI=1S/C10H13N3O/c1-7-3-4-9(6-11-7)13-8(2)5-12-10(13)14/h3-4,6,8H,5H2,1-2H3,(H,12,14). The van der Waals surface area contributed by atoms with Crippen molar-refractivity contribution in [3.63, 3.8) is 0 Å². The summed E-state index contributed by atoms with van der Waals surface area (Å²) in [5.74, 6) is 0. The van der Waals surface area contributed by atoms with Crippen molar-refractivity contribution < 1.29 is 4.79 Å². The fourth-order valence-corrected chi connectivity index (χ4v) is 1.59. The molecule has 1 atom stereocenters. The van der Waals surface area contributed by atoms with E-state index in [1.165, 1.54) is 0 Å². The Labute approximate surface area is 82.9 Å². The number of nitrogens with one attached hydrogen (secondary N) is 1. The molecule has 1 unspecified atom stereocenters. The number of aryl methyl sites for hydroxylation is 1. The summed E-state index contributed by atoms with van der Waals surface area (Å²) < 4.78 is 0. The van der Waals surface area contributed by atoms with Gasteiger partial charge in [-0.3, -0.25) is 9.88 Å². The zero-order valence-electron chi connectivity index (χ0n) is 8.32. The van der Waals surface area contributed by atoms with Crippen LogP contribution in [0.3, 0.4) is 0 Å². The van der Waals surface area contributed by atoms with E-state index >= 15 is 0 Å². The van der Waals surface area contributed by atoms with Gasteiger partial charge < -0.3 is 5.32 Å². The van der Waals surface area contributed by atoms with Gasteiger partial charge in [0.25, 0.3) is 0 Å². The van der Waals surface area contributed by atoms with Gasteiger partial charge in [-0.15, -0.1) is 0 Å². The largest absolute Gasteiger partial charge is 0.336 e. The Kier molecular flexibility index (Phi) is 2.11. The van der Waals surface area contributed by atoms with Crippen LogP contribution in [-0.2, 0) is 0 Å². The molecule has 74 valence electrons. The molecule has 0 saturated carbocycles. The zero-order valence-corrected chi connectivity index (χ0v) is 8.32. The first-order valence-corrected chi connectivity index (χ1v) is 4.68. The first-order valence-electron chi connectivity index (χ1n) is 4.68. The minimum absolute atomic E-state index is 0.0387. The van der Waals surface area contributed by atoms with E-state index in [2.05, 4.69) is 10.3 Å².